The monoisotopic (exact) mass is 182 g/mol. The molecule has 0 radical (unpaired) electrons. The summed E-state index contributed by atoms with van der Waals surface area (Å²) in [6.07, 6.45) is 1.07. The Bertz CT molecular complexity index is 290. The van der Waals surface area contributed by atoms with Crippen molar-refractivity contribution in [3.63, 3.8) is 0 Å². The van der Waals surface area contributed by atoms with Gasteiger partial charge in [0.2, 0.25) is 0 Å². The van der Waals surface area contributed by atoms with Gasteiger partial charge in [0.25, 0.3) is 0 Å². The topological polar surface area (TPSA) is 55.9 Å². The molecule has 13 heavy (non-hydrogen) atoms. The highest BCUT2D eigenvalue weighted by molar-refractivity contribution is 5.64. The van der Waals surface area contributed by atoms with E-state index in [1.807, 2.05) is 14.0 Å². The Morgan fingerprint density at radius 3 is 2.62 bits per heavy atom. The van der Waals surface area contributed by atoms with E-state index in [1.54, 1.807) is 4.68 Å². The van der Waals surface area contributed by atoms with Gasteiger partial charge in [0.05, 0.1) is 11.4 Å². The molecule has 0 aromatic carbocycles. The normalized spacial score (nSPS) is 12.9. The second-order valence-electron chi connectivity index (χ2n) is 3.42. The van der Waals surface area contributed by atoms with Gasteiger partial charge in [0.15, 0.2) is 0 Å². The Hall–Kier alpha value is -1.19. The first-order valence-corrected chi connectivity index (χ1v) is 4.61. The molecule has 0 aliphatic rings. The first-order valence-electron chi connectivity index (χ1n) is 4.61. The molecule has 1 atom stereocenters. The van der Waals surface area contributed by atoms with Gasteiger partial charge in [-0.15, -0.1) is 0 Å². The molecular formula is C9H18N4. The molecule has 1 aromatic rings. The smallest absolute Gasteiger partial charge is 0.147 e. The third-order valence-corrected chi connectivity index (χ3v) is 2.26. The van der Waals surface area contributed by atoms with Crippen molar-refractivity contribution < 1.29 is 0 Å². The summed E-state index contributed by atoms with van der Waals surface area (Å²) in [6.45, 7) is 6.18. The first kappa shape index (κ1) is 9.89. The molecule has 0 saturated carbocycles. The number of hydrogen-bond acceptors (Lipinski definition) is 3. The van der Waals surface area contributed by atoms with Crippen LogP contribution in [0.15, 0.2) is 0 Å². The zero-order valence-corrected chi connectivity index (χ0v) is 8.76. The Morgan fingerprint density at radius 2 is 2.23 bits per heavy atom. The number of nitrogens with one attached hydrogen (secondary N) is 1. The van der Waals surface area contributed by atoms with E-state index in [9.17, 15) is 0 Å². The average Bonchev–Trinajstić information content (AvgIpc) is 2.32. The fourth-order valence-electron chi connectivity index (χ4n) is 1.18. The highest BCUT2D eigenvalue weighted by atomic mass is 15.3. The summed E-state index contributed by atoms with van der Waals surface area (Å²) < 4.78 is 1.79. The Labute approximate surface area is 79.1 Å². The van der Waals surface area contributed by atoms with E-state index < -0.39 is 0 Å². The molecular weight excluding hydrogens is 164 g/mol. The summed E-state index contributed by atoms with van der Waals surface area (Å²) in [4.78, 5) is 0. The van der Waals surface area contributed by atoms with Crippen LogP contribution in [-0.2, 0) is 7.05 Å². The lowest BCUT2D eigenvalue weighted by Gasteiger charge is -2.13. The minimum atomic E-state index is 0.428. The maximum atomic E-state index is 5.86. The molecule has 0 bridgehead atoms. The summed E-state index contributed by atoms with van der Waals surface area (Å²) in [5, 5.41) is 7.55. The molecule has 0 saturated heterocycles. The van der Waals surface area contributed by atoms with Gasteiger partial charge in [0, 0.05) is 13.1 Å². The van der Waals surface area contributed by atoms with E-state index in [1.165, 1.54) is 0 Å². The largest absolute Gasteiger partial charge is 0.394 e. The van der Waals surface area contributed by atoms with Crippen molar-refractivity contribution in [2.24, 2.45) is 7.05 Å². The quantitative estimate of drug-likeness (QED) is 0.745. The van der Waals surface area contributed by atoms with Gasteiger partial charge in [0.1, 0.15) is 5.82 Å². The standard InChI is InChI=1S/C9H18N4/c1-5-6(2)11-9-8(10)7(3)12-13(9)4/h6,11H,5,10H2,1-4H3. The van der Waals surface area contributed by atoms with Gasteiger partial charge in [-0.3, -0.25) is 4.68 Å². The number of nitrogen functional groups attached to an aromatic ring is 1. The van der Waals surface area contributed by atoms with Gasteiger partial charge < -0.3 is 11.1 Å². The number of anilines is 2. The van der Waals surface area contributed by atoms with Gasteiger partial charge in [-0.05, 0) is 20.3 Å². The third-order valence-electron chi connectivity index (χ3n) is 2.26. The fourth-order valence-corrected chi connectivity index (χ4v) is 1.18. The van der Waals surface area contributed by atoms with Gasteiger partial charge >= 0.3 is 0 Å². The summed E-state index contributed by atoms with van der Waals surface area (Å²) in [7, 11) is 1.90. The lowest BCUT2D eigenvalue weighted by molar-refractivity contribution is 0.714. The van der Waals surface area contributed by atoms with E-state index in [0.29, 0.717) is 6.04 Å². The van der Waals surface area contributed by atoms with E-state index in [0.717, 1.165) is 23.6 Å². The van der Waals surface area contributed by atoms with E-state index in [2.05, 4.69) is 24.3 Å². The summed E-state index contributed by atoms with van der Waals surface area (Å²) in [5.74, 6) is 0.923. The number of nitrogens with zero attached hydrogens (tertiary/aromatic N) is 2. The fraction of sp³-hybridized carbons (Fsp3) is 0.667. The number of aryl methyl sites for hydroxylation is 2. The van der Waals surface area contributed by atoms with Crippen molar-refractivity contribution in [3.8, 4) is 0 Å². The van der Waals surface area contributed by atoms with Crippen LogP contribution in [-0.4, -0.2) is 15.8 Å². The molecule has 74 valence electrons. The lowest BCUT2D eigenvalue weighted by atomic mass is 10.2. The average molecular weight is 182 g/mol. The zero-order chi connectivity index (χ0) is 10.0. The molecule has 0 spiro atoms. The number of nitrogens with two attached hydrogens (primary N) is 1. The predicted molar refractivity (Wildman–Crippen MR) is 55.7 cm³/mol. The minimum absolute atomic E-state index is 0.428. The van der Waals surface area contributed by atoms with Gasteiger partial charge in [-0.1, -0.05) is 6.92 Å². The summed E-state index contributed by atoms with van der Waals surface area (Å²) in [5.41, 5.74) is 7.50. The van der Waals surface area contributed by atoms with Crippen molar-refractivity contribution in [2.45, 2.75) is 33.2 Å². The van der Waals surface area contributed by atoms with Crippen LogP contribution >= 0.6 is 0 Å². The highest BCUT2D eigenvalue weighted by Crippen LogP contribution is 2.21. The predicted octanol–water partition coefficient (Wildman–Crippen LogP) is 1.52. The van der Waals surface area contributed by atoms with E-state index >= 15 is 0 Å². The molecule has 4 heteroatoms. The van der Waals surface area contributed by atoms with Gasteiger partial charge in [-0.2, -0.15) is 5.10 Å². The van der Waals surface area contributed by atoms with Crippen molar-refractivity contribution in [1.29, 1.82) is 0 Å². The SMILES string of the molecule is CCC(C)Nc1c(N)c(C)nn1C. The molecule has 1 unspecified atom stereocenters. The van der Waals surface area contributed by atoms with Crippen molar-refractivity contribution >= 4 is 11.5 Å². The molecule has 1 rings (SSSR count). The molecule has 1 heterocycles. The van der Waals surface area contributed by atoms with Crippen LogP contribution in [0.1, 0.15) is 26.0 Å². The maximum Gasteiger partial charge on any atom is 0.147 e. The Kier molecular flexibility index (Phi) is 2.80. The molecule has 0 fully saturated rings. The minimum Gasteiger partial charge on any atom is -0.394 e. The van der Waals surface area contributed by atoms with Gasteiger partial charge in [-0.25, -0.2) is 0 Å². The summed E-state index contributed by atoms with van der Waals surface area (Å²) >= 11 is 0. The summed E-state index contributed by atoms with van der Waals surface area (Å²) in [6, 6.07) is 0.428. The molecule has 3 N–H and O–H groups in total. The molecule has 0 aliphatic heterocycles. The van der Waals surface area contributed by atoms with Crippen LogP contribution in [0.5, 0.6) is 0 Å². The number of hydrogen-bond donors (Lipinski definition) is 2. The second kappa shape index (κ2) is 3.68. The van der Waals surface area contributed by atoms with Crippen LogP contribution in [0.4, 0.5) is 11.5 Å². The van der Waals surface area contributed by atoms with Crippen LogP contribution < -0.4 is 11.1 Å². The molecule has 0 amide bonds. The Balaban J connectivity index is 2.87. The first-order chi connectivity index (χ1) is 6.06. The lowest BCUT2D eigenvalue weighted by Crippen LogP contribution is -2.16. The van der Waals surface area contributed by atoms with Crippen molar-refractivity contribution in [2.75, 3.05) is 11.1 Å². The highest BCUT2D eigenvalue weighted by Gasteiger charge is 2.10. The molecule has 1 aromatic heterocycles. The third kappa shape index (κ3) is 1.94. The van der Waals surface area contributed by atoms with Crippen molar-refractivity contribution in [3.05, 3.63) is 5.69 Å². The van der Waals surface area contributed by atoms with Crippen LogP contribution in [0.2, 0.25) is 0 Å². The van der Waals surface area contributed by atoms with E-state index in [-0.39, 0.29) is 0 Å². The number of rotatable bonds is 3. The Morgan fingerprint density at radius 1 is 1.62 bits per heavy atom. The second-order valence-corrected chi connectivity index (χ2v) is 3.42. The number of aromatic nitrogens is 2. The van der Waals surface area contributed by atoms with E-state index in [4.69, 9.17) is 5.73 Å². The van der Waals surface area contributed by atoms with Crippen LogP contribution in [0.25, 0.3) is 0 Å². The molecule has 4 nitrogen and oxygen atoms in total. The van der Waals surface area contributed by atoms with Crippen LogP contribution in [0.3, 0.4) is 0 Å². The zero-order valence-electron chi connectivity index (χ0n) is 8.76. The maximum absolute atomic E-state index is 5.86. The molecule has 0 aliphatic carbocycles. The van der Waals surface area contributed by atoms with Crippen molar-refractivity contribution in [1.82, 2.24) is 9.78 Å². The van der Waals surface area contributed by atoms with Crippen LogP contribution in [0, 0.1) is 6.92 Å².